The van der Waals surface area contributed by atoms with Crippen LogP contribution in [-0.2, 0) is 0 Å². The third-order valence-electron chi connectivity index (χ3n) is 1.78. The summed E-state index contributed by atoms with van der Waals surface area (Å²) in [5.41, 5.74) is 15.7. The van der Waals surface area contributed by atoms with Gasteiger partial charge >= 0.3 is 0 Å². The fourth-order valence-corrected chi connectivity index (χ4v) is 1.08. The smallest absolute Gasteiger partial charge is 0.218 e. The summed E-state index contributed by atoms with van der Waals surface area (Å²) in [5, 5.41) is 0. The van der Waals surface area contributed by atoms with E-state index in [0.717, 1.165) is 6.42 Å². The van der Waals surface area contributed by atoms with Gasteiger partial charge in [-0.05, 0) is 6.42 Å². The van der Waals surface area contributed by atoms with Gasteiger partial charge in [-0.3, -0.25) is 4.99 Å². The first-order valence-electron chi connectivity index (χ1n) is 5.06. The number of nitrogens with two attached hydrogens (primary N) is 3. The fourth-order valence-electron chi connectivity index (χ4n) is 1.08. The maximum Gasteiger partial charge on any atom is 0.218 e. The second kappa shape index (κ2) is 11.1. The highest BCUT2D eigenvalue weighted by Crippen LogP contribution is 2.01. The van der Waals surface area contributed by atoms with E-state index in [-0.39, 0.29) is 24.3 Å². The molecule has 0 aromatic rings. The van der Waals surface area contributed by atoms with E-state index in [4.69, 9.17) is 17.2 Å². The van der Waals surface area contributed by atoms with Crippen LogP contribution >= 0.6 is 12.4 Å². The van der Waals surface area contributed by atoms with Crippen molar-refractivity contribution in [3.63, 3.8) is 0 Å². The predicted octanol–water partition coefficient (Wildman–Crippen LogP) is 0.967. The van der Waals surface area contributed by atoms with Crippen molar-refractivity contribution in [2.75, 3.05) is 6.54 Å². The Labute approximate surface area is 97.6 Å². The SMILES string of the molecule is CCCCCCCN=C(N)N=C(N)N.Cl. The van der Waals surface area contributed by atoms with Crippen molar-refractivity contribution < 1.29 is 0 Å². The maximum atomic E-state index is 5.42. The van der Waals surface area contributed by atoms with Crippen LogP contribution in [0.5, 0.6) is 0 Å². The molecule has 0 heterocycles. The summed E-state index contributed by atoms with van der Waals surface area (Å²) in [6.45, 7) is 2.89. The van der Waals surface area contributed by atoms with Crippen molar-refractivity contribution in [3.05, 3.63) is 0 Å². The van der Waals surface area contributed by atoms with Gasteiger partial charge in [0.2, 0.25) is 5.96 Å². The molecule has 0 aromatic carbocycles. The molecule has 0 rings (SSSR count). The number of halogens is 1. The third-order valence-corrected chi connectivity index (χ3v) is 1.78. The predicted molar refractivity (Wildman–Crippen MR) is 68.3 cm³/mol. The molecule has 0 unspecified atom stereocenters. The summed E-state index contributed by atoms with van der Waals surface area (Å²) in [5.74, 6) is 0.123. The molecule has 6 N–H and O–H groups in total. The molecule has 15 heavy (non-hydrogen) atoms. The number of rotatable bonds is 6. The van der Waals surface area contributed by atoms with Crippen LogP contribution in [0.2, 0.25) is 0 Å². The van der Waals surface area contributed by atoms with Gasteiger partial charge in [0.05, 0.1) is 0 Å². The Morgan fingerprint density at radius 2 is 1.60 bits per heavy atom. The molecule has 0 aliphatic rings. The van der Waals surface area contributed by atoms with Crippen LogP contribution in [0.1, 0.15) is 39.0 Å². The van der Waals surface area contributed by atoms with E-state index in [2.05, 4.69) is 16.9 Å². The van der Waals surface area contributed by atoms with Crippen molar-refractivity contribution in [1.29, 1.82) is 0 Å². The van der Waals surface area contributed by atoms with Crippen LogP contribution in [0.4, 0.5) is 0 Å². The number of hydrogen-bond donors (Lipinski definition) is 3. The monoisotopic (exact) mass is 235 g/mol. The second-order valence-electron chi connectivity index (χ2n) is 3.19. The highest BCUT2D eigenvalue weighted by molar-refractivity contribution is 5.92. The molecule has 0 spiro atoms. The summed E-state index contributed by atoms with van der Waals surface area (Å²) >= 11 is 0. The van der Waals surface area contributed by atoms with E-state index in [1.807, 2.05) is 0 Å². The summed E-state index contributed by atoms with van der Waals surface area (Å²) in [4.78, 5) is 7.62. The standard InChI is InChI=1S/C9H21N5.ClH/c1-2-3-4-5-6-7-13-9(12)14-8(10)11;/h2-7H2,1H3,(H6,10,11,12,13,14);1H. The van der Waals surface area contributed by atoms with E-state index in [0.29, 0.717) is 6.54 Å². The van der Waals surface area contributed by atoms with Crippen molar-refractivity contribution in [3.8, 4) is 0 Å². The zero-order valence-electron chi connectivity index (χ0n) is 9.28. The Bertz CT molecular complexity index is 199. The van der Waals surface area contributed by atoms with Crippen LogP contribution in [0, 0.1) is 0 Å². The third kappa shape index (κ3) is 13.0. The average Bonchev–Trinajstić information content (AvgIpc) is 2.10. The van der Waals surface area contributed by atoms with E-state index in [1.54, 1.807) is 0 Å². The number of unbranched alkanes of at least 4 members (excludes halogenated alkanes) is 4. The lowest BCUT2D eigenvalue weighted by molar-refractivity contribution is 0.638. The highest BCUT2D eigenvalue weighted by Gasteiger charge is 1.90. The Kier molecular flexibility index (Phi) is 12.2. The van der Waals surface area contributed by atoms with Crippen molar-refractivity contribution in [2.24, 2.45) is 27.2 Å². The van der Waals surface area contributed by atoms with Crippen molar-refractivity contribution >= 4 is 24.3 Å². The molecule has 0 amide bonds. The van der Waals surface area contributed by atoms with Gasteiger partial charge in [0.25, 0.3) is 0 Å². The van der Waals surface area contributed by atoms with Gasteiger partial charge in [0.15, 0.2) is 5.96 Å². The number of guanidine groups is 2. The summed E-state index contributed by atoms with van der Waals surface area (Å²) in [6, 6.07) is 0. The van der Waals surface area contributed by atoms with Gasteiger partial charge < -0.3 is 17.2 Å². The van der Waals surface area contributed by atoms with Crippen molar-refractivity contribution in [2.45, 2.75) is 39.0 Å². The zero-order chi connectivity index (χ0) is 10.8. The molecule has 0 saturated heterocycles. The first kappa shape index (κ1) is 16.5. The minimum Gasteiger partial charge on any atom is -0.370 e. The molecule has 0 radical (unpaired) electrons. The Morgan fingerprint density at radius 3 is 2.13 bits per heavy atom. The molecule has 0 fully saturated rings. The highest BCUT2D eigenvalue weighted by atomic mass is 35.5. The van der Waals surface area contributed by atoms with Gasteiger partial charge in [0.1, 0.15) is 0 Å². The number of nitrogens with zero attached hydrogens (tertiary/aromatic N) is 2. The van der Waals surface area contributed by atoms with E-state index in [1.165, 1.54) is 25.7 Å². The van der Waals surface area contributed by atoms with Gasteiger partial charge in [-0.1, -0.05) is 32.6 Å². The minimum atomic E-state index is -0.0442. The Morgan fingerprint density at radius 1 is 1.00 bits per heavy atom. The molecule has 0 aliphatic carbocycles. The normalized spacial score (nSPS) is 10.6. The van der Waals surface area contributed by atoms with Crippen LogP contribution in [0.25, 0.3) is 0 Å². The Balaban J connectivity index is 0. The number of hydrogen-bond acceptors (Lipinski definition) is 1. The molecule has 0 saturated carbocycles. The lowest BCUT2D eigenvalue weighted by Crippen LogP contribution is -2.26. The summed E-state index contributed by atoms with van der Waals surface area (Å²) in [7, 11) is 0. The largest absolute Gasteiger partial charge is 0.370 e. The topological polar surface area (TPSA) is 103 Å². The molecule has 5 nitrogen and oxygen atoms in total. The molecule has 0 aliphatic heterocycles. The summed E-state index contributed by atoms with van der Waals surface area (Å²) < 4.78 is 0. The van der Waals surface area contributed by atoms with Crippen LogP contribution < -0.4 is 17.2 Å². The molecular formula is C9H22ClN5. The zero-order valence-corrected chi connectivity index (χ0v) is 10.1. The molecule has 0 bridgehead atoms. The number of aliphatic imine (C=N–C) groups is 2. The quantitative estimate of drug-likeness (QED) is 0.363. The lowest BCUT2D eigenvalue weighted by atomic mass is 10.2. The van der Waals surface area contributed by atoms with Crippen molar-refractivity contribution in [1.82, 2.24) is 0 Å². The fraction of sp³-hybridized carbons (Fsp3) is 0.778. The second-order valence-corrected chi connectivity index (χ2v) is 3.19. The first-order chi connectivity index (χ1) is 6.66. The first-order valence-corrected chi connectivity index (χ1v) is 5.06. The molecule has 0 atom stereocenters. The van der Waals surface area contributed by atoms with Crippen LogP contribution in [0.3, 0.4) is 0 Å². The van der Waals surface area contributed by atoms with Gasteiger partial charge in [-0.15, -0.1) is 12.4 Å². The van der Waals surface area contributed by atoms with E-state index in [9.17, 15) is 0 Å². The Hall–Kier alpha value is -0.970. The molecule has 6 heteroatoms. The molecule has 0 aromatic heterocycles. The lowest BCUT2D eigenvalue weighted by Gasteiger charge is -1.97. The van der Waals surface area contributed by atoms with E-state index >= 15 is 0 Å². The van der Waals surface area contributed by atoms with Crippen LogP contribution in [-0.4, -0.2) is 18.5 Å². The van der Waals surface area contributed by atoms with Gasteiger partial charge in [0, 0.05) is 6.54 Å². The van der Waals surface area contributed by atoms with E-state index < -0.39 is 0 Å². The minimum absolute atomic E-state index is 0. The van der Waals surface area contributed by atoms with Gasteiger partial charge in [-0.2, -0.15) is 4.99 Å². The average molecular weight is 236 g/mol. The maximum absolute atomic E-state index is 5.42. The van der Waals surface area contributed by atoms with Crippen LogP contribution in [0.15, 0.2) is 9.98 Å². The summed E-state index contributed by atoms with van der Waals surface area (Å²) in [6.07, 6.45) is 6.02. The van der Waals surface area contributed by atoms with Gasteiger partial charge in [-0.25, -0.2) is 0 Å². The molecular weight excluding hydrogens is 214 g/mol. The molecule has 90 valence electrons.